The van der Waals surface area contributed by atoms with Crippen molar-refractivity contribution < 1.29 is 18.7 Å². The first kappa shape index (κ1) is 20.4. The van der Waals surface area contributed by atoms with Crippen LogP contribution in [0, 0.1) is 0 Å². The fourth-order valence-electron chi connectivity index (χ4n) is 2.36. The maximum atomic E-state index is 12.2. The number of rotatable bonds is 7. The van der Waals surface area contributed by atoms with Gasteiger partial charge in [0.15, 0.2) is 0 Å². The molecule has 0 spiro atoms. The van der Waals surface area contributed by atoms with E-state index in [4.69, 9.17) is 9.15 Å². The van der Waals surface area contributed by atoms with E-state index in [1.807, 2.05) is 24.3 Å². The summed E-state index contributed by atoms with van der Waals surface area (Å²) >= 11 is 1.11. The zero-order valence-electron chi connectivity index (χ0n) is 15.9. The Morgan fingerprint density at radius 1 is 1.07 bits per heavy atom. The number of nitrogens with zero attached hydrogens (tertiary/aromatic N) is 2. The van der Waals surface area contributed by atoms with E-state index in [2.05, 4.69) is 21.0 Å². The first-order valence-corrected chi connectivity index (χ1v) is 9.70. The van der Waals surface area contributed by atoms with Crippen molar-refractivity contribution >= 4 is 23.6 Å². The van der Waals surface area contributed by atoms with Crippen molar-refractivity contribution in [1.29, 1.82) is 0 Å². The minimum absolute atomic E-state index is 0.283. The molecule has 3 rings (SSSR count). The summed E-state index contributed by atoms with van der Waals surface area (Å²) in [5.41, 5.74) is 6.23. The molecular weight excluding hydrogens is 392 g/mol. The quantitative estimate of drug-likeness (QED) is 0.454. The lowest BCUT2D eigenvalue weighted by Gasteiger charge is -2.10. The molecule has 2 amide bonds. The average molecular weight is 412 g/mol. The van der Waals surface area contributed by atoms with Crippen molar-refractivity contribution in [2.24, 2.45) is 0 Å². The Kier molecular flexibility index (Phi) is 6.85. The van der Waals surface area contributed by atoms with Crippen LogP contribution < -0.4 is 15.6 Å². The van der Waals surface area contributed by atoms with Crippen LogP contribution in [-0.2, 0) is 11.2 Å². The molecule has 2 N–H and O–H groups in total. The molecule has 29 heavy (non-hydrogen) atoms. The Balaban J connectivity index is 1.49. The molecule has 0 aliphatic rings. The van der Waals surface area contributed by atoms with Gasteiger partial charge in [0, 0.05) is 5.56 Å². The van der Waals surface area contributed by atoms with Crippen LogP contribution in [-0.4, -0.2) is 34.4 Å². The molecule has 9 heteroatoms. The zero-order chi connectivity index (χ0) is 20.6. The lowest BCUT2D eigenvalue weighted by Crippen LogP contribution is -2.44. The van der Waals surface area contributed by atoms with Crippen LogP contribution in [0.2, 0.25) is 0 Å². The number of aromatic nitrogens is 2. The van der Waals surface area contributed by atoms with Crippen molar-refractivity contribution in [3.05, 3.63) is 71.6 Å². The number of carbonyl (C=O) groups excluding carboxylic acids is 2. The number of methoxy groups -OCH3 is 1. The Hall–Kier alpha value is -3.33. The number of nitrogens with one attached hydrogen (secondary N) is 2. The van der Waals surface area contributed by atoms with E-state index >= 15 is 0 Å². The summed E-state index contributed by atoms with van der Waals surface area (Å²) in [6, 6.07) is 16.2. The zero-order valence-corrected chi connectivity index (χ0v) is 16.7. The second kappa shape index (κ2) is 9.74. The molecule has 0 unspecified atom stereocenters. The fraction of sp³-hybridized carbons (Fsp3) is 0.200. The van der Waals surface area contributed by atoms with Gasteiger partial charge in [-0.1, -0.05) is 42.1 Å². The van der Waals surface area contributed by atoms with Gasteiger partial charge in [-0.3, -0.25) is 20.4 Å². The maximum Gasteiger partial charge on any atom is 0.277 e. The van der Waals surface area contributed by atoms with Gasteiger partial charge in [0.1, 0.15) is 5.75 Å². The molecule has 0 fully saturated rings. The summed E-state index contributed by atoms with van der Waals surface area (Å²) in [4.78, 5) is 24.2. The third-order valence-corrected chi connectivity index (χ3v) is 4.88. The molecule has 0 bridgehead atoms. The fourth-order valence-corrected chi connectivity index (χ4v) is 3.06. The van der Waals surface area contributed by atoms with E-state index in [1.54, 1.807) is 44.4 Å². The lowest BCUT2D eigenvalue weighted by molar-refractivity contribution is -0.121. The molecule has 0 aliphatic carbocycles. The molecule has 0 saturated carbocycles. The van der Waals surface area contributed by atoms with Crippen molar-refractivity contribution in [1.82, 2.24) is 21.0 Å². The summed E-state index contributed by atoms with van der Waals surface area (Å²) in [5, 5.41) is 7.72. The number of amides is 2. The van der Waals surface area contributed by atoms with E-state index in [0.717, 1.165) is 23.1 Å². The maximum absolute atomic E-state index is 12.2. The molecule has 150 valence electrons. The number of hydrogen-bond donors (Lipinski definition) is 2. The smallest absolute Gasteiger partial charge is 0.277 e. The van der Waals surface area contributed by atoms with Gasteiger partial charge in [-0.15, -0.1) is 10.2 Å². The Bertz CT molecular complexity index is 960. The highest BCUT2D eigenvalue weighted by Gasteiger charge is 2.19. The predicted octanol–water partition coefficient (Wildman–Crippen LogP) is 2.61. The number of carbonyl (C=O) groups is 2. The van der Waals surface area contributed by atoms with Crippen LogP contribution in [0.15, 0.2) is 64.2 Å². The van der Waals surface area contributed by atoms with Crippen LogP contribution in [0.5, 0.6) is 5.75 Å². The number of benzene rings is 2. The molecule has 3 aromatic rings. The third kappa shape index (κ3) is 5.82. The molecule has 1 aromatic heterocycles. The highest BCUT2D eigenvalue weighted by atomic mass is 32.2. The largest absolute Gasteiger partial charge is 0.497 e. The summed E-state index contributed by atoms with van der Waals surface area (Å²) < 4.78 is 10.7. The minimum Gasteiger partial charge on any atom is -0.497 e. The van der Waals surface area contributed by atoms with Crippen molar-refractivity contribution in [2.75, 3.05) is 7.11 Å². The molecule has 1 atom stereocenters. The Labute approximate surface area is 172 Å². The first-order valence-electron chi connectivity index (χ1n) is 8.82. The van der Waals surface area contributed by atoms with E-state index in [1.165, 1.54) is 0 Å². The lowest BCUT2D eigenvalue weighted by atomic mass is 10.1. The predicted molar refractivity (Wildman–Crippen MR) is 107 cm³/mol. The summed E-state index contributed by atoms with van der Waals surface area (Å²) in [6.45, 7) is 1.68. The van der Waals surface area contributed by atoms with E-state index in [9.17, 15) is 9.59 Å². The molecular formula is C20H20N4O4S. The normalized spacial score (nSPS) is 11.5. The highest BCUT2D eigenvalue weighted by molar-refractivity contribution is 8.00. The van der Waals surface area contributed by atoms with Crippen LogP contribution >= 0.6 is 11.8 Å². The first-order chi connectivity index (χ1) is 14.0. The van der Waals surface area contributed by atoms with Crippen molar-refractivity contribution in [3.63, 3.8) is 0 Å². The van der Waals surface area contributed by atoms with Gasteiger partial charge in [0.05, 0.1) is 18.8 Å². The third-order valence-electron chi connectivity index (χ3n) is 3.94. The van der Waals surface area contributed by atoms with Crippen LogP contribution in [0.1, 0.15) is 28.7 Å². The number of thioether (sulfide) groups is 1. The Morgan fingerprint density at radius 2 is 1.79 bits per heavy atom. The van der Waals surface area contributed by atoms with Crippen LogP contribution in [0.25, 0.3) is 0 Å². The molecule has 8 nitrogen and oxygen atoms in total. The molecule has 0 aliphatic heterocycles. The van der Waals surface area contributed by atoms with Gasteiger partial charge in [0.25, 0.3) is 17.0 Å². The van der Waals surface area contributed by atoms with E-state index < -0.39 is 11.2 Å². The van der Waals surface area contributed by atoms with Gasteiger partial charge in [-0.05, 0) is 36.8 Å². The number of hydrazine groups is 1. The highest BCUT2D eigenvalue weighted by Crippen LogP contribution is 2.23. The Morgan fingerprint density at radius 3 is 2.48 bits per heavy atom. The standard InChI is InChI=1S/C20H20N4O4S/c1-13(18(25)22-23-19(26)15-6-4-3-5-7-15)29-20-24-21-17(28-20)12-14-8-10-16(27-2)11-9-14/h3-11,13H,12H2,1-2H3,(H,22,25)(H,23,26)/t13-/m1/s1. The molecule has 0 saturated heterocycles. The number of hydrogen-bond acceptors (Lipinski definition) is 7. The molecule has 0 radical (unpaired) electrons. The topological polar surface area (TPSA) is 106 Å². The van der Waals surface area contributed by atoms with Gasteiger partial charge in [-0.2, -0.15) is 0 Å². The van der Waals surface area contributed by atoms with Gasteiger partial charge in [-0.25, -0.2) is 0 Å². The van der Waals surface area contributed by atoms with Crippen molar-refractivity contribution in [2.45, 2.75) is 23.8 Å². The summed E-state index contributed by atoms with van der Waals surface area (Å²) in [6.07, 6.45) is 0.477. The second-order valence-corrected chi connectivity index (χ2v) is 7.35. The van der Waals surface area contributed by atoms with Crippen molar-refractivity contribution in [3.8, 4) is 5.75 Å². The average Bonchev–Trinajstić information content (AvgIpc) is 3.19. The second-order valence-electron chi connectivity index (χ2n) is 6.06. The minimum atomic E-state index is -0.541. The van der Waals surface area contributed by atoms with E-state index in [0.29, 0.717) is 17.9 Å². The monoisotopic (exact) mass is 412 g/mol. The molecule has 1 heterocycles. The van der Waals surface area contributed by atoms with Gasteiger partial charge < -0.3 is 9.15 Å². The SMILES string of the molecule is COc1ccc(Cc2nnc(S[C@H](C)C(=O)NNC(=O)c3ccccc3)o2)cc1. The molecule has 2 aromatic carbocycles. The van der Waals surface area contributed by atoms with Gasteiger partial charge >= 0.3 is 0 Å². The van der Waals surface area contributed by atoms with Crippen LogP contribution in [0.3, 0.4) is 0 Å². The number of ether oxygens (including phenoxy) is 1. The van der Waals surface area contributed by atoms with Gasteiger partial charge in [0.2, 0.25) is 5.89 Å². The summed E-state index contributed by atoms with van der Waals surface area (Å²) in [5.74, 6) is 0.447. The van der Waals surface area contributed by atoms with Crippen LogP contribution in [0.4, 0.5) is 0 Å². The van der Waals surface area contributed by atoms with E-state index in [-0.39, 0.29) is 11.1 Å². The summed E-state index contributed by atoms with van der Waals surface area (Å²) in [7, 11) is 1.61.